The van der Waals surface area contributed by atoms with Crippen molar-refractivity contribution >= 4 is 0 Å². The van der Waals surface area contributed by atoms with Crippen molar-refractivity contribution < 1.29 is 9.47 Å². The van der Waals surface area contributed by atoms with Crippen LogP contribution in [0.25, 0.3) is 0 Å². The van der Waals surface area contributed by atoms with Gasteiger partial charge < -0.3 is 14.8 Å². The molecule has 0 spiro atoms. The van der Waals surface area contributed by atoms with Crippen molar-refractivity contribution in [1.82, 2.24) is 5.32 Å². The van der Waals surface area contributed by atoms with Crippen LogP contribution in [0.5, 0.6) is 0 Å². The normalized spacial score (nSPS) is 21.6. The van der Waals surface area contributed by atoms with Crippen LogP contribution in [0.4, 0.5) is 0 Å². The summed E-state index contributed by atoms with van der Waals surface area (Å²) < 4.78 is 10.7. The third kappa shape index (κ3) is 3.78. The molecule has 2 unspecified atom stereocenters. The lowest BCUT2D eigenvalue weighted by atomic mass is 9.97. The van der Waals surface area contributed by atoms with Gasteiger partial charge in [0.05, 0.1) is 0 Å². The van der Waals surface area contributed by atoms with Gasteiger partial charge in [-0.2, -0.15) is 0 Å². The van der Waals surface area contributed by atoms with Crippen LogP contribution < -0.4 is 5.32 Å². The van der Waals surface area contributed by atoms with Gasteiger partial charge in [-0.3, -0.25) is 0 Å². The Balaban J connectivity index is 1.76. The standard InChI is InChI=1S/C16H25NO2/c1-17-16-14(8-11-19-10-5-9-18-2)12-13-6-3-4-7-15(13)16/h3-4,6-7,14,16-17H,5,8-12H2,1-2H3. The summed E-state index contributed by atoms with van der Waals surface area (Å²) in [5, 5.41) is 3.46. The molecular weight excluding hydrogens is 238 g/mol. The highest BCUT2D eigenvalue weighted by atomic mass is 16.5. The van der Waals surface area contributed by atoms with Crippen LogP contribution in [0.15, 0.2) is 24.3 Å². The molecule has 3 nitrogen and oxygen atoms in total. The molecule has 1 aromatic rings. The predicted molar refractivity (Wildman–Crippen MR) is 77.4 cm³/mol. The lowest BCUT2D eigenvalue weighted by Gasteiger charge is -2.19. The largest absolute Gasteiger partial charge is 0.385 e. The molecule has 0 fully saturated rings. The second kappa shape index (κ2) is 7.63. The Morgan fingerprint density at radius 3 is 2.84 bits per heavy atom. The van der Waals surface area contributed by atoms with E-state index in [9.17, 15) is 0 Å². The summed E-state index contributed by atoms with van der Waals surface area (Å²) in [7, 11) is 3.78. The summed E-state index contributed by atoms with van der Waals surface area (Å²) >= 11 is 0. The first-order valence-electron chi connectivity index (χ1n) is 7.18. The van der Waals surface area contributed by atoms with E-state index in [-0.39, 0.29) is 0 Å². The Bertz CT molecular complexity index is 381. The summed E-state index contributed by atoms with van der Waals surface area (Å²) in [4.78, 5) is 0. The molecule has 19 heavy (non-hydrogen) atoms. The fourth-order valence-electron chi connectivity index (χ4n) is 2.98. The Kier molecular flexibility index (Phi) is 5.83. The van der Waals surface area contributed by atoms with Gasteiger partial charge in [0.1, 0.15) is 0 Å². The summed E-state index contributed by atoms with van der Waals surface area (Å²) in [5.41, 5.74) is 2.96. The average molecular weight is 263 g/mol. The smallest absolute Gasteiger partial charge is 0.0487 e. The topological polar surface area (TPSA) is 30.5 Å². The van der Waals surface area contributed by atoms with E-state index in [4.69, 9.17) is 9.47 Å². The molecule has 1 aliphatic rings. The van der Waals surface area contributed by atoms with Gasteiger partial charge in [0.15, 0.2) is 0 Å². The number of methoxy groups -OCH3 is 1. The molecule has 0 saturated carbocycles. The molecule has 1 N–H and O–H groups in total. The number of fused-ring (bicyclic) bond motifs is 1. The van der Waals surface area contributed by atoms with Crippen molar-refractivity contribution in [2.24, 2.45) is 5.92 Å². The molecule has 2 atom stereocenters. The third-order valence-corrected chi connectivity index (χ3v) is 3.92. The SMILES string of the molecule is CNC1c2ccccc2CC1CCOCCCOC. The van der Waals surface area contributed by atoms with E-state index in [0.717, 1.165) is 32.7 Å². The van der Waals surface area contributed by atoms with Crippen LogP contribution in [0.2, 0.25) is 0 Å². The fraction of sp³-hybridized carbons (Fsp3) is 0.625. The minimum Gasteiger partial charge on any atom is -0.385 e. The molecule has 0 aromatic heterocycles. The number of hydrogen-bond donors (Lipinski definition) is 1. The van der Waals surface area contributed by atoms with Gasteiger partial charge in [0.25, 0.3) is 0 Å². The summed E-state index contributed by atoms with van der Waals surface area (Å²) in [6.07, 6.45) is 3.27. The maximum Gasteiger partial charge on any atom is 0.0487 e. The van der Waals surface area contributed by atoms with Crippen molar-refractivity contribution in [3.05, 3.63) is 35.4 Å². The van der Waals surface area contributed by atoms with Crippen molar-refractivity contribution in [3.8, 4) is 0 Å². The molecule has 0 heterocycles. The predicted octanol–water partition coefficient (Wildman–Crippen LogP) is 2.56. The number of rotatable bonds is 8. The first-order valence-corrected chi connectivity index (χ1v) is 7.18. The summed E-state index contributed by atoms with van der Waals surface area (Å²) in [5.74, 6) is 0.657. The second-order valence-corrected chi connectivity index (χ2v) is 5.18. The Hall–Kier alpha value is -0.900. The first-order chi connectivity index (χ1) is 9.36. The minimum atomic E-state index is 0.485. The molecule has 1 aromatic carbocycles. The van der Waals surface area contributed by atoms with Crippen LogP contribution in [0, 0.1) is 5.92 Å². The maximum absolute atomic E-state index is 5.68. The highest BCUT2D eigenvalue weighted by molar-refractivity contribution is 5.35. The molecule has 106 valence electrons. The number of hydrogen-bond acceptors (Lipinski definition) is 3. The quantitative estimate of drug-likeness (QED) is 0.731. The highest BCUT2D eigenvalue weighted by Crippen LogP contribution is 2.37. The van der Waals surface area contributed by atoms with E-state index < -0.39 is 0 Å². The third-order valence-electron chi connectivity index (χ3n) is 3.92. The van der Waals surface area contributed by atoms with Crippen molar-refractivity contribution in [2.45, 2.75) is 25.3 Å². The monoisotopic (exact) mass is 263 g/mol. The van der Waals surface area contributed by atoms with Crippen LogP contribution in [-0.2, 0) is 15.9 Å². The van der Waals surface area contributed by atoms with Crippen LogP contribution in [0.1, 0.15) is 30.0 Å². The highest BCUT2D eigenvalue weighted by Gasteiger charge is 2.30. The van der Waals surface area contributed by atoms with Gasteiger partial charge in [0.2, 0.25) is 0 Å². The number of ether oxygens (including phenoxy) is 2. The second-order valence-electron chi connectivity index (χ2n) is 5.18. The van der Waals surface area contributed by atoms with Crippen LogP contribution in [0.3, 0.4) is 0 Å². The fourth-order valence-corrected chi connectivity index (χ4v) is 2.98. The lowest BCUT2D eigenvalue weighted by Crippen LogP contribution is -2.22. The van der Waals surface area contributed by atoms with Gasteiger partial charge in [-0.1, -0.05) is 24.3 Å². The van der Waals surface area contributed by atoms with E-state index in [1.54, 1.807) is 7.11 Å². The summed E-state index contributed by atoms with van der Waals surface area (Å²) in [6, 6.07) is 9.25. The number of nitrogens with one attached hydrogen (secondary N) is 1. The van der Waals surface area contributed by atoms with E-state index in [0.29, 0.717) is 12.0 Å². The molecule has 2 rings (SSSR count). The van der Waals surface area contributed by atoms with Crippen LogP contribution >= 0.6 is 0 Å². The molecule has 0 bridgehead atoms. The van der Waals surface area contributed by atoms with Gasteiger partial charge in [0, 0.05) is 33.0 Å². The van der Waals surface area contributed by atoms with Crippen molar-refractivity contribution in [2.75, 3.05) is 34.0 Å². The van der Waals surface area contributed by atoms with Gasteiger partial charge in [-0.25, -0.2) is 0 Å². The van der Waals surface area contributed by atoms with Gasteiger partial charge >= 0.3 is 0 Å². The Morgan fingerprint density at radius 2 is 2.05 bits per heavy atom. The molecule has 1 aliphatic carbocycles. The van der Waals surface area contributed by atoms with Crippen molar-refractivity contribution in [3.63, 3.8) is 0 Å². The van der Waals surface area contributed by atoms with E-state index in [1.807, 2.05) is 0 Å². The number of benzene rings is 1. The van der Waals surface area contributed by atoms with E-state index >= 15 is 0 Å². The molecular formula is C16H25NO2. The zero-order chi connectivity index (χ0) is 13.5. The molecule has 3 heteroatoms. The molecule has 0 radical (unpaired) electrons. The van der Waals surface area contributed by atoms with Gasteiger partial charge in [-0.05, 0) is 43.4 Å². The van der Waals surface area contributed by atoms with E-state index in [1.165, 1.54) is 17.5 Å². The summed E-state index contributed by atoms with van der Waals surface area (Å²) in [6.45, 7) is 2.44. The first kappa shape index (κ1) is 14.5. The zero-order valence-corrected chi connectivity index (χ0v) is 12.0. The minimum absolute atomic E-state index is 0.485. The van der Waals surface area contributed by atoms with Crippen molar-refractivity contribution in [1.29, 1.82) is 0 Å². The Morgan fingerprint density at radius 1 is 1.21 bits per heavy atom. The average Bonchev–Trinajstić information content (AvgIpc) is 2.80. The Labute approximate surface area is 116 Å². The lowest BCUT2D eigenvalue weighted by molar-refractivity contribution is 0.0914. The molecule has 0 amide bonds. The van der Waals surface area contributed by atoms with E-state index in [2.05, 4.69) is 36.6 Å². The van der Waals surface area contributed by atoms with Gasteiger partial charge in [-0.15, -0.1) is 0 Å². The zero-order valence-electron chi connectivity index (χ0n) is 12.0. The molecule has 0 saturated heterocycles. The van der Waals surface area contributed by atoms with Crippen LogP contribution in [-0.4, -0.2) is 34.0 Å². The maximum atomic E-state index is 5.68. The molecule has 0 aliphatic heterocycles.